The van der Waals surface area contributed by atoms with Crippen molar-refractivity contribution in [2.75, 3.05) is 7.11 Å². The third kappa shape index (κ3) is 6.94. The van der Waals surface area contributed by atoms with E-state index < -0.39 is 12.1 Å². The summed E-state index contributed by atoms with van der Waals surface area (Å²) in [6.45, 7) is 5.56. The predicted octanol–water partition coefficient (Wildman–Crippen LogP) is -0.134. The SMILES string of the molecule is COC(C)N(C(C)PC(O)O)C(C)PC(O)O. The molecule has 17 heavy (non-hydrogen) atoms. The van der Waals surface area contributed by atoms with Gasteiger partial charge in [0.05, 0.1) is 0 Å². The summed E-state index contributed by atoms with van der Waals surface area (Å²) in [5.41, 5.74) is 0. The molecular formula is C9H23NO5P2. The van der Waals surface area contributed by atoms with E-state index in [4.69, 9.17) is 25.2 Å². The highest BCUT2D eigenvalue weighted by Crippen LogP contribution is 2.34. The maximum atomic E-state index is 8.99. The predicted molar refractivity (Wildman–Crippen MR) is 70.3 cm³/mol. The Kier molecular flexibility index (Phi) is 8.99. The molecule has 0 aliphatic carbocycles. The minimum absolute atomic E-state index is 0.0739. The molecule has 0 saturated carbocycles. The fourth-order valence-corrected chi connectivity index (χ4v) is 3.91. The van der Waals surface area contributed by atoms with Crippen molar-refractivity contribution in [3.05, 3.63) is 0 Å². The Morgan fingerprint density at radius 2 is 1.24 bits per heavy atom. The van der Waals surface area contributed by atoms with Gasteiger partial charge in [-0.3, -0.25) is 4.90 Å². The Morgan fingerprint density at radius 3 is 1.47 bits per heavy atom. The van der Waals surface area contributed by atoms with E-state index in [9.17, 15) is 0 Å². The molecule has 0 aliphatic heterocycles. The largest absolute Gasteiger partial charge is 0.367 e. The highest BCUT2D eigenvalue weighted by atomic mass is 31.1. The molecule has 0 fully saturated rings. The van der Waals surface area contributed by atoms with Gasteiger partial charge in [-0.2, -0.15) is 0 Å². The summed E-state index contributed by atoms with van der Waals surface area (Å²) in [6.07, 6.45) is -0.225. The van der Waals surface area contributed by atoms with Crippen LogP contribution in [0, 0.1) is 0 Å². The topological polar surface area (TPSA) is 93.4 Å². The summed E-state index contributed by atoms with van der Waals surface area (Å²) in [6, 6.07) is -2.71. The third-order valence-electron chi connectivity index (χ3n) is 2.44. The van der Waals surface area contributed by atoms with Crippen molar-refractivity contribution in [3.8, 4) is 0 Å². The van der Waals surface area contributed by atoms with Crippen LogP contribution < -0.4 is 0 Å². The van der Waals surface area contributed by atoms with Gasteiger partial charge in [0.1, 0.15) is 6.23 Å². The summed E-state index contributed by atoms with van der Waals surface area (Å²) in [4.78, 5) is 1.91. The highest BCUT2D eigenvalue weighted by Gasteiger charge is 2.27. The number of hydrogen-bond donors (Lipinski definition) is 4. The Morgan fingerprint density at radius 1 is 0.882 bits per heavy atom. The molecule has 5 atom stereocenters. The van der Waals surface area contributed by atoms with Gasteiger partial charge in [0, 0.05) is 18.7 Å². The molecule has 6 nitrogen and oxygen atoms in total. The van der Waals surface area contributed by atoms with Crippen molar-refractivity contribution in [2.45, 2.75) is 50.6 Å². The smallest absolute Gasteiger partial charge is 0.168 e. The first-order valence-corrected chi connectivity index (χ1v) is 7.65. The van der Waals surface area contributed by atoms with Crippen LogP contribution in [0.4, 0.5) is 0 Å². The zero-order valence-electron chi connectivity index (χ0n) is 10.5. The minimum Gasteiger partial charge on any atom is -0.367 e. The van der Waals surface area contributed by atoms with Crippen molar-refractivity contribution < 1.29 is 25.2 Å². The van der Waals surface area contributed by atoms with E-state index >= 15 is 0 Å². The lowest BCUT2D eigenvalue weighted by Crippen LogP contribution is -2.44. The van der Waals surface area contributed by atoms with Crippen LogP contribution >= 0.6 is 17.2 Å². The number of methoxy groups -OCH3 is 1. The number of aliphatic hydroxyl groups excluding tert-OH is 2. The summed E-state index contributed by atoms with van der Waals surface area (Å²) >= 11 is 0. The van der Waals surface area contributed by atoms with Crippen LogP contribution in [0.2, 0.25) is 0 Å². The van der Waals surface area contributed by atoms with Crippen LogP contribution in [0.25, 0.3) is 0 Å². The van der Waals surface area contributed by atoms with Crippen LogP contribution in [0.5, 0.6) is 0 Å². The van der Waals surface area contributed by atoms with E-state index in [1.807, 2.05) is 25.7 Å². The zero-order valence-corrected chi connectivity index (χ0v) is 12.5. The second kappa shape index (κ2) is 8.68. The molecule has 0 heterocycles. The number of ether oxygens (including phenoxy) is 1. The zero-order chi connectivity index (χ0) is 13.6. The normalized spacial score (nSPS) is 19.2. The summed E-state index contributed by atoms with van der Waals surface area (Å²) < 4.78 is 5.23. The van der Waals surface area contributed by atoms with Crippen LogP contribution in [0.15, 0.2) is 0 Å². The molecule has 104 valence electrons. The number of aliphatic hydroxyl groups is 4. The second-order valence-corrected chi connectivity index (χ2v) is 7.09. The van der Waals surface area contributed by atoms with Crippen molar-refractivity contribution >= 4 is 17.2 Å². The second-order valence-electron chi connectivity index (χ2n) is 3.71. The highest BCUT2D eigenvalue weighted by molar-refractivity contribution is 7.40. The van der Waals surface area contributed by atoms with E-state index in [0.717, 1.165) is 0 Å². The molecular weight excluding hydrogens is 264 g/mol. The fourth-order valence-electron chi connectivity index (χ4n) is 1.69. The molecule has 0 rings (SSSR count). The van der Waals surface area contributed by atoms with Gasteiger partial charge >= 0.3 is 0 Å². The standard InChI is InChI=1S/C9H23NO5P2/c1-5(15-4)10(6(2)16-8(11)12)7(3)17-9(13)14/h5-9,11-14,16-17H,1-4H3. The van der Waals surface area contributed by atoms with E-state index in [-0.39, 0.29) is 35.0 Å². The maximum absolute atomic E-state index is 8.99. The Hall–Kier alpha value is 0.620. The third-order valence-corrected chi connectivity index (χ3v) is 4.59. The molecule has 0 aromatic carbocycles. The molecule has 0 radical (unpaired) electrons. The lowest BCUT2D eigenvalue weighted by Gasteiger charge is -2.38. The first-order valence-electron chi connectivity index (χ1n) is 5.34. The minimum atomic E-state index is -1.36. The van der Waals surface area contributed by atoms with E-state index in [1.165, 1.54) is 0 Å². The average Bonchev–Trinajstić information content (AvgIpc) is 2.14. The number of nitrogens with zero attached hydrogens (tertiary/aromatic N) is 1. The Labute approximate surface area is 106 Å². The Bertz CT molecular complexity index is 192. The van der Waals surface area contributed by atoms with E-state index in [1.54, 1.807) is 7.11 Å². The molecule has 0 saturated heterocycles. The summed E-state index contributed by atoms with van der Waals surface area (Å²) in [5, 5.41) is 36.0. The molecule has 5 unspecified atom stereocenters. The van der Waals surface area contributed by atoms with Crippen LogP contribution in [-0.2, 0) is 4.74 Å². The summed E-state index contributed by atoms with van der Waals surface area (Å²) in [7, 11) is 1.42. The molecule has 4 N–H and O–H groups in total. The van der Waals surface area contributed by atoms with Crippen molar-refractivity contribution in [2.24, 2.45) is 0 Å². The Balaban J connectivity index is 4.62. The maximum Gasteiger partial charge on any atom is 0.168 e. The van der Waals surface area contributed by atoms with Gasteiger partial charge in [0.2, 0.25) is 0 Å². The first kappa shape index (κ1) is 17.6. The number of hydrogen-bond acceptors (Lipinski definition) is 6. The van der Waals surface area contributed by atoms with Gasteiger partial charge < -0.3 is 25.2 Å². The van der Waals surface area contributed by atoms with Crippen molar-refractivity contribution in [1.82, 2.24) is 4.90 Å². The summed E-state index contributed by atoms with van der Waals surface area (Å²) in [5.74, 6) is -0.211. The quantitative estimate of drug-likeness (QED) is 0.367. The number of rotatable bonds is 8. The fraction of sp³-hybridized carbons (Fsp3) is 1.00. The molecule has 0 aromatic heterocycles. The first-order chi connectivity index (χ1) is 7.79. The molecule has 0 aromatic rings. The van der Waals surface area contributed by atoms with E-state index in [0.29, 0.717) is 0 Å². The van der Waals surface area contributed by atoms with Gasteiger partial charge in [0.15, 0.2) is 12.1 Å². The van der Waals surface area contributed by atoms with Gasteiger partial charge in [0.25, 0.3) is 0 Å². The van der Waals surface area contributed by atoms with Crippen LogP contribution in [0.3, 0.4) is 0 Å². The van der Waals surface area contributed by atoms with Gasteiger partial charge in [-0.1, -0.05) is 0 Å². The molecule has 0 bridgehead atoms. The van der Waals surface area contributed by atoms with Crippen molar-refractivity contribution in [3.63, 3.8) is 0 Å². The molecule has 0 aliphatic rings. The van der Waals surface area contributed by atoms with Crippen LogP contribution in [-0.4, -0.2) is 62.3 Å². The van der Waals surface area contributed by atoms with Gasteiger partial charge in [-0.05, 0) is 37.9 Å². The molecule has 8 heteroatoms. The monoisotopic (exact) mass is 287 g/mol. The van der Waals surface area contributed by atoms with Crippen LogP contribution in [0.1, 0.15) is 20.8 Å². The molecule has 0 spiro atoms. The van der Waals surface area contributed by atoms with Gasteiger partial charge in [-0.25, -0.2) is 0 Å². The van der Waals surface area contributed by atoms with Gasteiger partial charge in [-0.15, -0.1) is 0 Å². The van der Waals surface area contributed by atoms with Crippen molar-refractivity contribution in [1.29, 1.82) is 0 Å². The van der Waals surface area contributed by atoms with E-state index in [2.05, 4.69) is 0 Å². The average molecular weight is 287 g/mol. The molecule has 0 amide bonds. The lowest BCUT2D eigenvalue weighted by atomic mass is 10.4. The lowest BCUT2D eigenvalue weighted by molar-refractivity contribution is -0.0331.